The smallest absolute Gasteiger partial charge is 0.331 e. The maximum Gasteiger partial charge on any atom is 0.331 e. The van der Waals surface area contributed by atoms with Crippen LogP contribution in [0.1, 0.15) is 72.8 Å². The van der Waals surface area contributed by atoms with Crippen molar-refractivity contribution < 1.29 is 38.8 Å². The van der Waals surface area contributed by atoms with Crippen LogP contribution in [-0.2, 0) is 28.6 Å². The van der Waals surface area contributed by atoms with Crippen molar-refractivity contribution in [1.82, 2.24) is 0 Å². The van der Waals surface area contributed by atoms with E-state index in [9.17, 15) is 24.6 Å². The lowest BCUT2D eigenvalue weighted by molar-refractivity contribution is -0.168. The van der Waals surface area contributed by atoms with Gasteiger partial charge in [0.15, 0.2) is 0 Å². The van der Waals surface area contributed by atoms with Gasteiger partial charge in [0.1, 0.15) is 24.4 Å². The number of hydrogen-bond donors (Lipinski definition) is 2. The predicted octanol–water partition coefficient (Wildman–Crippen LogP) is 4.69. The number of carbonyl (C=O) groups excluding carboxylic acids is 3. The zero-order chi connectivity index (χ0) is 30.3. The second-order valence-corrected chi connectivity index (χ2v) is 12.6. The summed E-state index contributed by atoms with van der Waals surface area (Å²) in [5.41, 5.74) is -0.459. The summed E-state index contributed by atoms with van der Waals surface area (Å²) in [5, 5.41) is 23.7. The Labute approximate surface area is 242 Å². The Morgan fingerprint density at radius 1 is 1.02 bits per heavy atom. The highest BCUT2D eigenvalue weighted by molar-refractivity contribution is 5.87. The minimum absolute atomic E-state index is 0.255. The number of benzene rings is 1. The van der Waals surface area contributed by atoms with E-state index >= 15 is 0 Å². The summed E-state index contributed by atoms with van der Waals surface area (Å²) >= 11 is 0. The second-order valence-electron chi connectivity index (χ2n) is 12.6. The van der Waals surface area contributed by atoms with Gasteiger partial charge >= 0.3 is 17.9 Å². The number of carbonyl (C=O) groups is 3. The first-order chi connectivity index (χ1) is 19.1. The third-order valence-electron chi connectivity index (χ3n) is 9.59. The van der Waals surface area contributed by atoms with Crippen LogP contribution in [0.4, 0.5) is 0 Å². The molecule has 2 N–H and O–H groups in total. The first-order valence-electron chi connectivity index (χ1n) is 14.2. The quantitative estimate of drug-likeness (QED) is 0.220. The van der Waals surface area contributed by atoms with Gasteiger partial charge in [-0.15, -0.1) is 0 Å². The average molecular weight is 567 g/mol. The summed E-state index contributed by atoms with van der Waals surface area (Å²) < 4.78 is 17.4. The van der Waals surface area contributed by atoms with Gasteiger partial charge in [-0.2, -0.15) is 0 Å². The molecule has 4 rings (SSSR count). The maximum absolute atomic E-state index is 12.8. The van der Waals surface area contributed by atoms with Gasteiger partial charge in [-0.05, 0) is 74.3 Å². The number of ether oxygens (including phenoxy) is 3. The first-order valence-corrected chi connectivity index (χ1v) is 14.2. The Morgan fingerprint density at radius 2 is 1.66 bits per heavy atom. The van der Waals surface area contributed by atoms with Crippen LogP contribution < -0.4 is 0 Å². The molecule has 1 aromatic carbocycles. The zero-order valence-electron chi connectivity index (χ0n) is 24.8. The number of fused-ring (bicyclic) bond motifs is 2. The molecule has 41 heavy (non-hydrogen) atoms. The molecule has 0 bridgehead atoms. The second kappa shape index (κ2) is 11.2. The van der Waals surface area contributed by atoms with Crippen LogP contribution >= 0.6 is 0 Å². The molecule has 0 heterocycles. The Balaban J connectivity index is 1.75. The van der Waals surface area contributed by atoms with E-state index in [1.54, 1.807) is 26.8 Å². The van der Waals surface area contributed by atoms with Crippen LogP contribution in [0.15, 0.2) is 59.7 Å². The van der Waals surface area contributed by atoms with Gasteiger partial charge < -0.3 is 24.4 Å². The standard InChI is InChI=1S/C33H42O8/c1-19-24-17-33(31(5,6)38)18-26(39-21(3)34)20(2)28(33)29(37)30(40-22(4)35)32(24,7)16-15-25(19)41-27(36)14-13-23-11-9-8-10-12-23/h8-14,24-26,29-30,37-38H,1,15-18H2,2-7H3. The van der Waals surface area contributed by atoms with E-state index in [0.29, 0.717) is 36.0 Å². The summed E-state index contributed by atoms with van der Waals surface area (Å²) in [6.07, 6.45) is 1.11. The molecule has 0 amide bonds. The number of esters is 3. The summed E-state index contributed by atoms with van der Waals surface area (Å²) in [7, 11) is 0. The molecule has 0 spiro atoms. The van der Waals surface area contributed by atoms with Crippen LogP contribution in [0.5, 0.6) is 0 Å². The highest BCUT2D eigenvalue weighted by atomic mass is 16.6. The minimum Gasteiger partial charge on any atom is -0.459 e. The molecule has 7 atom stereocenters. The normalized spacial score (nSPS) is 33.6. The molecule has 8 heteroatoms. The predicted molar refractivity (Wildman–Crippen MR) is 153 cm³/mol. The Hall–Kier alpha value is -3.23. The molecule has 222 valence electrons. The van der Waals surface area contributed by atoms with E-state index in [2.05, 4.69) is 6.58 Å². The maximum atomic E-state index is 12.8. The Bertz CT molecular complexity index is 1270. The highest BCUT2D eigenvalue weighted by Crippen LogP contribution is 2.64. The van der Waals surface area contributed by atoms with E-state index < -0.39 is 64.7 Å². The molecule has 2 fully saturated rings. The van der Waals surface area contributed by atoms with Gasteiger partial charge in [-0.3, -0.25) is 9.59 Å². The van der Waals surface area contributed by atoms with Crippen molar-refractivity contribution in [2.75, 3.05) is 0 Å². The van der Waals surface area contributed by atoms with E-state index in [1.165, 1.54) is 19.9 Å². The van der Waals surface area contributed by atoms with E-state index in [0.717, 1.165) is 5.56 Å². The van der Waals surface area contributed by atoms with E-state index in [1.807, 2.05) is 37.3 Å². The van der Waals surface area contributed by atoms with Gasteiger partial charge in [-0.1, -0.05) is 43.8 Å². The fourth-order valence-electron chi connectivity index (χ4n) is 7.43. The highest BCUT2D eigenvalue weighted by Gasteiger charge is 2.65. The summed E-state index contributed by atoms with van der Waals surface area (Å²) in [4.78, 5) is 37.2. The van der Waals surface area contributed by atoms with Crippen molar-refractivity contribution in [3.8, 4) is 0 Å². The van der Waals surface area contributed by atoms with Crippen LogP contribution in [0.2, 0.25) is 0 Å². The monoisotopic (exact) mass is 566 g/mol. The third-order valence-corrected chi connectivity index (χ3v) is 9.59. The van der Waals surface area contributed by atoms with Crippen LogP contribution in [0.25, 0.3) is 6.08 Å². The lowest BCUT2D eigenvalue weighted by Crippen LogP contribution is -2.51. The van der Waals surface area contributed by atoms with Gasteiger partial charge in [0, 0.05) is 37.2 Å². The lowest BCUT2D eigenvalue weighted by Gasteiger charge is -2.50. The van der Waals surface area contributed by atoms with Gasteiger partial charge in [-0.25, -0.2) is 4.79 Å². The molecule has 2 saturated carbocycles. The van der Waals surface area contributed by atoms with E-state index in [4.69, 9.17) is 14.2 Å². The van der Waals surface area contributed by atoms with Crippen LogP contribution in [-0.4, -0.2) is 58.1 Å². The Kier molecular flexibility index (Phi) is 8.40. The van der Waals surface area contributed by atoms with Crippen molar-refractivity contribution in [3.63, 3.8) is 0 Å². The third kappa shape index (κ3) is 5.64. The average Bonchev–Trinajstić information content (AvgIpc) is 3.12. The largest absolute Gasteiger partial charge is 0.459 e. The molecule has 0 saturated heterocycles. The first kappa shape index (κ1) is 30.7. The fraction of sp³-hybridized carbons (Fsp3) is 0.545. The van der Waals surface area contributed by atoms with Crippen molar-refractivity contribution >= 4 is 24.0 Å². The lowest BCUT2D eigenvalue weighted by atomic mass is 9.57. The van der Waals surface area contributed by atoms with Crippen LogP contribution in [0.3, 0.4) is 0 Å². The molecular weight excluding hydrogens is 524 g/mol. The topological polar surface area (TPSA) is 119 Å². The summed E-state index contributed by atoms with van der Waals surface area (Å²) in [6.45, 7) is 14.1. The van der Waals surface area contributed by atoms with Crippen molar-refractivity contribution in [1.29, 1.82) is 0 Å². The fourth-order valence-corrected chi connectivity index (χ4v) is 7.43. The molecule has 7 unspecified atom stereocenters. The van der Waals surface area contributed by atoms with Gasteiger partial charge in [0.05, 0.1) is 5.60 Å². The van der Waals surface area contributed by atoms with Crippen LogP contribution in [0, 0.1) is 16.7 Å². The molecule has 8 nitrogen and oxygen atoms in total. The molecule has 1 aromatic rings. The van der Waals surface area contributed by atoms with E-state index in [-0.39, 0.29) is 6.42 Å². The van der Waals surface area contributed by atoms with Crippen molar-refractivity contribution in [2.24, 2.45) is 16.7 Å². The van der Waals surface area contributed by atoms with Gasteiger partial charge in [0.2, 0.25) is 0 Å². The van der Waals surface area contributed by atoms with Gasteiger partial charge in [0.25, 0.3) is 0 Å². The molecule has 0 aromatic heterocycles. The molecule has 0 radical (unpaired) electrons. The summed E-state index contributed by atoms with van der Waals surface area (Å²) in [5.74, 6) is -1.91. The molecule has 3 aliphatic carbocycles. The van der Waals surface area contributed by atoms with Crippen molar-refractivity contribution in [3.05, 3.63) is 65.3 Å². The number of rotatable bonds is 6. The van der Waals surface area contributed by atoms with Crippen molar-refractivity contribution in [2.45, 2.75) is 97.2 Å². The SMILES string of the molecule is C=C1C(OC(=O)C=Cc2ccccc2)CCC2(C)C1CC1(C(C)(C)O)CC(OC(C)=O)C(C)=C1C(O)C2OC(C)=O. The molecule has 3 aliphatic rings. The number of aliphatic hydroxyl groups excluding tert-OH is 1. The number of hydrogen-bond acceptors (Lipinski definition) is 8. The zero-order valence-corrected chi connectivity index (χ0v) is 24.8. The molecule has 0 aliphatic heterocycles. The summed E-state index contributed by atoms with van der Waals surface area (Å²) in [6, 6.07) is 9.43. The minimum atomic E-state index is -1.35. The number of aliphatic hydroxyl groups is 2. The molecular formula is C33H42O8. The Morgan fingerprint density at radius 3 is 2.24 bits per heavy atom.